The van der Waals surface area contributed by atoms with Gasteiger partial charge >= 0.3 is 0 Å². The second-order valence-corrected chi connectivity index (χ2v) is 4.78. The molecule has 2 heterocycles. The predicted octanol–water partition coefficient (Wildman–Crippen LogP) is 0.443. The summed E-state index contributed by atoms with van der Waals surface area (Å²) in [5.74, 6) is 0.674. The Labute approximate surface area is 86.5 Å². The number of fused-ring (bicyclic) bond motifs is 2. The van der Waals surface area contributed by atoms with E-state index in [4.69, 9.17) is 0 Å². The second kappa shape index (κ2) is 4.17. The van der Waals surface area contributed by atoms with Crippen molar-refractivity contribution in [2.45, 2.75) is 31.7 Å². The van der Waals surface area contributed by atoms with E-state index in [1.807, 2.05) is 0 Å². The molecule has 2 N–H and O–H groups in total. The van der Waals surface area contributed by atoms with Crippen LogP contribution >= 0.6 is 0 Å². The lowest BCUT2D eigenvalue weighted by atomic mass is 9.79. The van der Waals surface area contributed by atoms with Crippen LogP contribution < -0.4 is 5.32 Å². The second-order valence-electron chi connectivity index (χ2n) is 4.78. The third-order valence-corrected chi connectivity index (χ3v) is 3.94. The van der Waals surface area contributed by atoms with E-state index in [-0.39, 0.29) is 5.54 Å². The zero-order valence-electron chi connectivity index (χ0n) is 9.13. The lowest BCUT2D eigenvalue weighted by molar-refractivity contribution is 0.0655. The molecule has 2 bridgehead atoms. The van der Waals surface area contributed by atoms with Gasteiger partial charge in [-0.15, -0.1) is 0 Å². The summed E-state index contributed by atoms with van der Waals surface area (Å²) in [6.45, 7) is 7.12. The normalized spacial score (nSPS) is 41.6. The lowest BCUT2D eigenvalue weighted by Crippen LogP contribution is -2.58. The monoisotopic (exact) mass is 198 g/mol. The summed E-state index contributed by atoms with van der Waals surface area (Å²) in [4.78, 5) is 2.52. The molecule has 0 aromatic rings. The first-order chi connectivity index (χ1) is 6.80. The molecule has 0 amide bonds. The molecule has 2 aliphatic rings. The van der Waals surface area contributed by atoms with Crippen molar-refractivity contribution in [2.75, 3.05) is 32.8 Å². The molecule has 2 fully saturated rings. The summed E-state index contributed by atoms with van der Waals surface area (Å²) in [6.07, 6.45) is 3.53. The molecule has 2 rings (SSSR count). The predicted molar refractivity (Wildman–Crippen MR) is 57.3 cm³/mol. The van der Waals surface area contributed by atoms with Gasteiger partial charge < -0.3 is 15.3 Å². The maximum absolute atomic E-state index is 9.61. The van der Waals surface area contributed by atoms with Crippen LogP contribution in [0.3, 0.4) is 0 Å². The molecule has 0 spiro atoms. The zero-order valence-corrected chi connectivity index (χ0v) is 9.13. The van der Waals surface area contributed by atoms with Gasteiger partial charge in [0.25, 0.3) is 0 Å². The smallest absolute Gasteiger partial charge is 0.0617 e. The Hall–Kier alpha value is -0.120. The van der Waals surface area contributed by atoms with Crippen molar-refractivity contribution < 1.29 is 5.11 Å². The van der Waals surface area contributed by atoms with Crippen LogP contribution in [0.25, 0.3) is 0 Å². The average molecular weight is 198 g/mol. The summed E-state index contributed by atoms with van der Waals surface area (Å²) >= 11 is 0. The summed E-state index contributed by atoms with van der Waals surface area (Å²) in [5.41, 5.74) is 0.0447. The number of nitrogens with zero attached hydrogens (tertiary/aromatic N) is 1. The van der Waals surface area contributed by atoms with Gasteiger partial charge in [0.2, 0.25) is 0 Å². The standard InChI is InChI=1S/C11H22N2O/c1-2-5-12-11(9-14)4-7-13-6-3-10(11)8-13/h10,12,14H,2-9H2,1H3. The van der Waals surface area contributed by atoms with Crippen LogP contribution in [-0.2, 0) is 0 Å². The maximum atomic E-state index is 9.61. The van der Waals surface area contributed by atoms with E-state index in [2.05, 4.69) is 17.1 Å². The van der Waals surface area contributed by atoms with Crippen molar-refractivity contribution in [2.24, 2.45) is 5.92 Å². The summed E-state index contributed by atoms with van der Waals surface area (Å²) < 4.78 is 0. The summed E-state index contributed by atoms with van der Waals surface area (Å²) in [5, 5.41) is 13.2. The number of nitrogens with one attached hydrogen (secondary N) is 1. The first kappa shape index (κ1) is 10.4. The Bertz CT molecular complexity index is 198. The average Bonchev–Trinajstić information content (AvgIpc) is 2.63. The van der Waals surface area contributed by atoms with E-state index >= 15 is 0 Å². The van der Waals surface area contributed by atoms with Gasteiger partial charge in [-0.1, -0.05) is 6.92 Å². The van der Waals surface area contributed by atoms with E-state index in [0.29, 0.717) is 12.5 Å². The SMILES string of the molecule is CCCNC1(CO)CCN2CCC1C2. The topological polar surface area (TPSA) is 35.5 Å². The Morgan fingerprint density at radius 1 is 1.50 bits per heavy atom. The summed E-state index contributed by atoms with van der Waals surface area (Å²) in [7, 11) is 0. The summed E-state index contributed by atoms with van der Waals surface area (Å²) in [6, 6.07) is 0. The van der Waals surface area contributed by atoms with Gasteiger partial charge in [0.15, 0.2) is 0 Å². The van der Waals surface area contributed by atoms with Crippen molar-refractivity contribution in [3.63, 3.8) is 0 Å². The highest BCUT2D eigenvalue weighted by atomic mass is 16.3. The quantitative estimate of drug-likeness (QED) is 0.688. The van der Waals surface area contributed by atoms with E-state index in [9.17, 15) is 5.11 Å². The van der Waals surface area contributed by atoms with Crippen molar-refractivity contribution in [1.29, 1.82) is 0 Å². The van der Waals surface area contributed by atoms with Crippen LogP contribution in [0.4, 0.5) is 0 Å². The van der Waals surface area contributed by atoms with Crippen molar-refractivity contribution in [3.8, 4) is 0 Å². The Morgan fingerprint density at radius 2 is 2.36 bits per heavy atom. The van der Waals surface area contributed by atoms with E-state index in [0.717, 1.165) is 25.9 Å². The first-order valence-electron chi connectivity index (χ1n) is 5.89. The number of aliphatic hydroxyl groups is 1. The number of aliphatic hydroxyl groups excluding tert-OH is 1. The highest BCUT2D eigenvalue weighted by Gasteiger charge is 2.45. The van der Waals surface area contributed by atoms with Crippen LogP contribution in [0, 0.1) is 5.92 Å². The fourth-order valence-corrected chi connectivity index (χ4v) is 2.92. The minimum Gasteiger partial charge on any atom is -0.394 e. The molecular formula is C11H22N2O. The number of rotatable bonds is 4. The molecule has 14 heavy (non-hydrogen) atoms. The Morgan fingerprint density at radius 3 is 3.07 bits per heavy atom. The number of hydrogen-bond acceptors (Lipinski definition) is 3. The number of hydrogen-bond donors (Lipinski definition) is 2. The van der Waals surface area contributed by atoms with Crippen LogP contribution in [0.2, 0.25) is 0 Å². The molecular weight excluding hydrogens is 176 g/mol. The fourth-order valence-electron chi connectivity index (χ4n) is 2.92. The molecule has 3 heteroatoms. The molecule has 0 aromatic carbocycles. The van der Waals surface area contributed by atoms with E-state index < -0.39 is 0 Å². The van der Waals surface area contributed by atoms with Crippen molar-refractivity contribution in [1.82, 2.24) is 10.2 Å². The van der Waals surface area contributed by atoms with Crippen LogP contribution in [-0.4, -0.2) is 48.3 Å². The third kappa shape index (κ3) is 1.69. The highest BCUT2D eigenvalue weighted by molar-refractivity contribution is 5.02. The fraction of sp³-hybridized carbons (Fsp3) is 1.00. The van der Waals surface area contributed by atoms with Gasteiger partial charge in [-0.05, 0) is 44.8 Å². The van der Waals surface area contributed by atoms with Crippen LogP contribution in [0.15, 0.2) is 0 Å². The molecule has 2 saturated heterocycles. The first-order valence-corrected chi connectivity index (χ1v) is 5.89. The lowest BCUT2D eigenvalue weighted by Gasteiger charge is -2.42. The van der Waals surface area contributed by atoms with Gasteiger partial charge in [0.05, 0.1) is 6.61 Å². The molecule has 3 atom stereocenters. The minimum absolute atomic E-state index is 0.0447. The van der Waals surface area contributed by atoms with Crippen molar-refractivity contribution >= 4 is 0 Å². The third-order valence-electron chi connectivity index (χ3n) is 3.94. The minimum atomic E-state index is 0.0447. The maximum Gasteiger partial charge on any atom is 0.0617 e. The van der Waals surface area contributed by atoms with Gasteiger partial charge in [0, 0.05) is 12.1 Å². The van der Waals surface area contributed by atoms with E-state index in [1.165, 1.54) is 19.5 Å². The molecule has 0 aromatic heterocycles. The van der Waals surface area contributed by atoms with E-state index in [1.54, 1.807) is 0 Å². The highest BCUT2D eigenvalue weighted by Crippen LogP contribution is 2.35. The molecule has 0 aliphatic carbocycles. The number of piperidine rings is 1. The largest absolute Gasteiger partial charge is 0.394 e. The van der Waals surface area contributed by atoms with Crippen molar-refractivity contribution in [3.05, 3.63) is 0 Å². The van der Waals surface area contributed by atoms with Gasteiger partial charge in [-0.25, -0.2) is 0 Å². The van der Waals surface area contributed by atoms with Gasteiger partial charge in [-0.2, -0.15) is 0 Å². The van der Waals surface area contributed by atoms with Crippen LogP contribution in [0.1, 0.15) is 26.2 Å². The molecule has 3 unspecified atom stereocenters. The Kier molecular flexibility index (Phi) is 3.10. The Balaban J connectivity index is 2.02. The molecule has 82 valence electrons. The molecule has 2 aliphatic heterocycles. The van der Waals surface area contributed by atoms with Gasteiger partial charge in [0.1, 0.15) is 0 Å². The molecule has 3 nitrogen and oxygen atoms in total. The molecule has 0 saturated carbocycles. The van der Waals surface area contributed by atoms with Crippen LogP contribution in [0.5, 0.6) is 0 Å². The molecule has 0 radical (unpaired) electrons. The van der Waals surface area contributed by atoms with Gasteiger partial charge in [-0.3, -0.25) is 0 Å². The zero-order chi connectivity index (χ0) is 10.0.